The first-order valence-corrected chi connectivity index (χ1v) is 4.13. The summed E-state index contributed by atoms with van der Waals surface area (Å²) in [6.07, 6.45) is 1.23. The lowest BCUT2D eigenvalue weighted by Crippen LogP contribution is -1.89. The molecule has 4 nitrogen and oxygen atoms in total. The SMILES string of the molecule is COCC[CH]P(=O)(O)O. The summed E-state index contributed by atoms with van der Waals surface area (Å²) >= 11 is 0. The fraction of sp³-hybridized carbons (Fsp3) is 0.750. The van der Waals surface area contributed by atoms with Crippen molar-refractivity contribution in [3.05, 3.63) is 6.16 Å². The van der Waals surface area contributed by atoms with Crippen molar-refractivity contribution in [1.29, 1.82) is 0 Å². The highest BCUT2D eigenvalue weighted by Crippen LogP contribution is 2.39. The second kappa shape index (κ2) is 4.01. The highest BCUT2D eigenvalue weighted by atomic mass is 31.2. The van der Waals surface area contributed by atoms with Crippen molar-refractivity contribution in [1.82, 2.24) is 0 Å². The first-order valence-electron chi connectivity index (χ1n) is 2.45. The minimum Gasteiger partial charge on any atom is -0.385 e. The molecule has 2 N–H and O–H groups in total. The second-order valence-electron chi connectivity index (χ2n) is 1.55. The molecule has 0 fully saturated rings. The van der Waals surface area contributed by atoms with Crippen molar-refractivity contribution >= 4 is 7.60 Å². The van der Waals surface area contributed by atoms with Crippen LogP contribution in [-0.4, -0.2) is 23.5 Å². The van der Waals surface area contributed by atoms with Gasteiger partial charge >= 0.3 is 7.60 Å². The average Bonchev–Trinajstić information content (AvgIpc) is 1.63. The fourth-order valence-electron chi connectivity index (χ4n) is 0.339. The van der Waals surface area contributed by atoms with E-state index >= 15 is 0 Å². The molecule has 0 atom stereocenters. The van der Waals surface area contributed by atoms with Gasteiger partial charge in [0.05, 0.1) is 6.16 Å². The van der Waals surface area contributed by atoms with E-state index in [0.717, 1.165) is 6.16 Å². The maximum atomic E-state index is 10.1. The van der Waals surface area contributed by atoms with Crippen LogP contribution in [0.4, 0.5) is 0 Å². The van der Waals surface area contributed by atoms with Crippen molar-refractivity contribution < 1.29 is 19.1 Å². The molecule has 0 spiro atoms. The first kappa shape index (κ1) is 9.11. The number of methoxy groups -OCH3 is 1. The predicted octanol–water partition coefficient (Wildman–Crippen LogP) is 0.362. The van der Waals surface area contributed by atoms with Crippen LogP contribution in [0, 0.1) is 6.16 Å². The van der Waals surface area contributed by atoms with Gasteiger partial charge < -0.3 is 14.5 Å². The molecule has 1 radical (unpaired) electrons. The predicted molar refractivity (Wildman–Crippen MR) is 32.8 cm³/mol. The summed E-state index contributed by atoms with van der Waals surface area (Å²) in [5, 5.41) is 0. The molecule has 0 aliphatic carbocycles. The van der Waals surface area contributed by atoms with Gasteiger partial charge in [-0.2, -0.15) is 0 Å². The Morgan fingerprint density at radius 3 is 2.56 bits per heavy atom. The lowest BCUT2D eigenvalue weighted by Gasteiger charge is -2.00. The summed E-state index contributed by atoms with van der Waals surface area (Å²) in [5.74, 6) is 0. The van der Waals surface area contributed by atoms with Gasteiger partial charge in [-0.15, -0.1) is 0 Å². The van der Waals surface area contributed by atoms with Gasteiger partial charge in [-0.05, 0) is 6.42 Å². The Hall–Kier alpha value is 0.110. The Morgan fingerprint density at radius 1 is 1.67 bits per heavy atom. The molecule has 0 aromatic rings. The van der Waals surface area contributed by atoms with Crippen molar-refractivity contribution in [3.8, 4) is 0 Å². The normalized spacial score (nSPS) is 11.9. The fourth-order valence-corrected chi connectivity index (χ4v) is 0.780. The summed E-state index contributed by atoms with van der Waals surface area (Å²) in [4.78, 5) is 16.5. The average molecular weight is 153 g/mol. The van der Waals surface area contributed by atoms with Gasteiger partial charge in [0.1, 0.15) is 0 Å². The van der Waals surface area contributed by atoms with Crippen LogP contribution in [0.5, 0.6) is 0 Å². The molecule has 0 rings (SSSR count). The lowest BCUT2D eigenvalue weighted by molar-refractivity contribution is 0.201. The van der Waals surface area contributed by atoms with Crippen LogP contribution in [0.3, 0.4) is 0 Å². The molecule has 55 valence electrons. The van der Waals surface area contributed by atoms with Gasteiger partial charge in [-0.1, -0.05) is 0 Å². The second-order valence-corrected chi connectivity index (χ2v) is 3.10. The zero-order valence-electron chi connectivity index (χ0n) is 5.15. The quantitative estimate of drug-likeness (QED) is 0.452. The van der Waals surface area contributed by atoms with E-state index in [2.05, 4.69) is 4.74 Å². The molecule has 0 bridgehead atoms. The van der Waals surface area contributed by atoms with E-state index in [9.17, 15) is 4.57 Å². The Labute approximate surface area is 54.0 Å². The van der Waals surface area contributed by atoms with E-state index in [1.807, 2.05) is 0 Å². The van der Waals surface area contributed by atoms with Crippen molar-refractivity contribution in [3.63, 3.8) is 0 Å². The van der Waals surface area contributed by atoms with Gasteiger partial charge in [0, 0.05) is 13.7 Å². The van der Waals surface area contributed by atoms with Crippen LogP contribution in [0.1, 0.15) is 6.42 Å². The third kappa shape index (κ3) is 8.11. The highest BCUT2D eigenvalue weighted by Gasteiger charge is 2.11. The standard InChI is InChI=1S/C4H10O4P/c1-8-3-2-4-9(5,6)7/h4H,2-3H2,1H3,(H2,5,6,7). The summed E-state index contributed by atoms with van der Waals surface area (Å²) < 4.78 is 14.7. The van der Waals surface area contributed by atoms with Gasteiger partial charge in [-0.25, -0.2) is 0 Å². The Morgan fingerprint density at radius 2 is 2.22 bits per heavy atom. The molecule has 0 aromatic heterocycles. The van der Waals surface area contributed by atoms with Crippen LogP contribution in [-0.2, 0) is 9.30 Å². The first-order chi connectivity index (χ1) is 4.06. The third-order valence-corrected chi connectivity index (χ3v) is 1.42. The largest absolute Gasteiger partial charge is 0.385 e. The van der Waals surface area contributed by atoms with Crippen molar-refractivity contribution in [2.45, 2.75) is 6.42 Å². The van der Waals surface area contributed by atoms with Crippen LogP contribution < -0.4 is 0 Å². The molecule has 0 unspecified atom stereocenters. The Bertz CT molecular complexity index is 107. The molecule has 0 aliphatic heterocycles. The van der Waals surface area contributed by atoms with E-state index in [0.29, 0.717) is 13.0 Å². The lowest BCUT2D eigenvalue weighted by atomic mass is 10.5. The minimum absolute atomic E-state index is 0.292. The Balaban J connectivity index is 3.18. The third-order valence-electron chi connectivity index (χ3n) is 0.689. The van der Waals surface area contributed by atoms with Gasteiger partial charge in [-0.3, -0.25) is 4.57 Å². The zero-order chi connectivity index (χ0) is 7.33. The maximum absolute atomic E-state index is 10.1. The molecule has 0 heterocycles. The summed E-state index contributed by atoms with van der Waals surface area (Å²) in [6, 6.07) is 0. The van der Waals surface area contributed by atoms with Crippen LogP contribution >= 0.6 is 7.60 Å². The van der Waals surface area contributed by atoms with E-state index < -0.39 is 7.60 Å². The maximum Gasteiger partial charge on any atom is 0.329 e. The molecular formula is C4H10O4P. The Kier molecular flexibility index (Phi) is 4.06. The number of ether oxygens (including phenoxy) is 1. The molecule has 5 heteroatoms. The van der Waals surface area contributed by atoms with E-state index in [-0.39, 0.29) is 0 Å². The molecule has 0 aliphatic rings. The van der Waals surface area contributed by atoms with Crippen LogP contribution in [0.15, 0.2) is 0 Å². The number of rotatable bonds is 4. The van der Waals surface area contributed by atoms with E-state index in [1.165, 1.54) is 7.11 Å². The monoisotopic (exact) mass is 153 g/mol. The van der Waals surface area contributed by atoms with Crippen molar-refractivity contribution in [2.75, 3.05) is 13.7 Å². The smallest absolute Gasteiger partial charge is 0.329 e. The molecule has 0 aromatic carbocycles. The van der Waals surface area contributed by atoms with Crippen molar-refractivity contribution in [2.24, 2.45) is 0 Å². The molecule has 0 saturated heterocycles. The number of hydrogen-bond acceptors (Lipinski definition) is 2. The van der Waals surface area contributed by atoms with Gasteiger partial charge in [0.15, 0.2) is 0 Å². The molecule has 0 amide bonds. The van der Waals surface area contributed by atoms with Crippen LogP contribution in [0.25, 0.3) is 0 Å². The van der Waals surface area contributed by atoms with Crippen LogP contribution in [0.2, 0.25) is 0 Å². The molecule has 0 saturated carbocycles. The van der Waals surface area contributed by atoms with Gasteiger partial charge in [0.25, 0.3) is 0 Å². The van der Waals surface area contributed by atoms with E-state index in [1.54, 1.807) is 0 Å². The highest BCUT2D eigenvalue weighted by molar-refractivity contribution is 7.54. The molecular weight excluding hydrogens is 143 g/mol. The topological polar surface area (TPSA) is 66.8 Å². The number of hydrogen-bond donors (Lipinski definition) is 2. The summed E-state index contributed by atoms with van der Waals surface area (Å²) in [6.45, 7) is 0.352. The summed E-state index contributed by atoms with van der Waals surface area (Å²) in [5.41, 5.74) is 0. The van der Waals surface area contributed by atoms with Gasteiger partial charge in [0.2, 0.25) is 0 Å². The zero-order valence-corrected chi connectivity index (χ0v) is 6.04. The molecule has 9 heavy (non-hydrogen) atoms. The minimum atomic E-state index is -3.90. The van der Waals surface area contributed by atoms with E-state index in [4.69, 9.17) is 9.79 Å². The summed E-state index contributed by atoms with van der Waals surface area (Å²) in [7, 11) is -2.42.